The molecule has 0 aliphatic rings. The first-order valence-corrected chi connectivity index (χ1v) is 8.55. The Morgan fingerprint density at radius 1 is 1.19 bits per heavy atom. The number of nitrogens with one attached hydrogen (secondary N) is 1. The quantitative estimate of drug-likeness (QED) is 0.781. The fourth-order valence-electron chi connectivity index (χ4n) is 2.22. The Kier molecular flexibility index (Phi) is 5.54. The first-order valence-electron chi connectivity index (χ1n) is 7.67. The third-order valence-corrected chi connectivity index (χ3v) is 4.94. The molecule has 0 spiro atoms. The highest BCUT2D eigenvalue weighted by Gasteiger charge is 2.17. The van der Waals surface area contributed by atoms with E-state index in [0.29, 0.717) is 5.92 Å². The zero-order valence-corrected chi connectivity index (χ0v) is 14.3. The van der Waals surface area contributed by atoms with Gasteiger partial charge in [-0.15, -0.1) is 11.3 Å². The molecule has 1 aromatic carbocycles. The number of hydrogen-bond acceptors (Lipinski definition) is 3. The number of nitrogens with zero attached hydrogens (tertiary/aromatic N) is 1. The number of rotatable bonds is 6. The summed E-state index contributed by atoms with van der Waals surface area (Å²) in [6.07, 6.45) is 1.15. The minimum Gasteiger partial charge on any atom is -0.311 e. The summed E-state index contributed by atoms with van der Waals surface area (Å²) in [5.74, 6) is 0.597. The maximum Gasteiger partial charge on any atom is 0.0982 e. The average Bonchev–Trinajstić information content (AvgIpc) is 2.93. The van der Waals surface area contributed by atoms with E-state index in [0.717, 1.165) is 25.2 Å². The highest BCUT2D eigenvalue weighted by molar-refractivity contribution is 7.09. The number of thiazole rings is 1. The van der Waals surface area contributed by atoms with Crippen LogP contribution >= 0.6 is 11.3 Å². The molecule has 0 aliphatic carbocycles. The maximum absolute atomic E-state index is 4.71. The Morgan fingerprint density at radius 3 is 2.52 bits per heavy atom. The van der Waals surface area contributed by atoms with Crippen molar-refractivity contribution < 1.29 is 0 Å². The van der Waals surface area contributed by atoms with Crippen LogP contribution in [0, 0.1) is 0 Å². The molecule has 0 bridgehead atoms. The van der Waals surface area contributed by atoms with Crippen LogP contribution in [0.1, 0.15) is 56.3 Å². The monoisotopic (exact) mass is 302 g/mol. The second kappa shape index (κ2) is 7.19. The first-order chi connectivity index (χ1) is 9.97. The van der Waals surface area contributed by atoms with Crippen LogP contribution in [0.5, 0.6) is 0 Å². The van der Waals surface area contributed by atoms with Crippen LogP contribution in [-0.4, -0.2) is 11.5 Å². The van der Waals surface area contributed by atoms with Crippen LogP contribution in [0.3, 0.4) is 0 Å². The van der Waals surface area contributed by atoms with Crippen molar-refractivity contribution in [1.29, 1.82) is 0 Å². The van der Waals surface area contributed by atoms with Gasteiger partial charge in [0, 0.05) is 17.3 Å². The smallest absolute Gasteiger partial charge is 0.0982 e. The molecule has 3 heteroatoms. The van der Waals surface area contributed by atoms with Gasteiger partial charge in [0.15, 0.2) is 0 Å². The van der Waals surface area contributed by atoms with Gasteiger partial charge in [-0.05, 0) is 24.4 Å². The Bertz CT molecular complexity index is 540. The van der Waals surface area contributed by atoms with Crippen molar-refractivity contribution in [2.45, 2.75) is 52.0 Å². The van der Waals surface area contributed by atoms with Gasteiger partial charge in [0.25, 0.3) is 0 Å². The topological polar surface area (TPSA) is 24.9 Å². The number of aromatic nitrogens is 1. The van der Waals surface area contributed by atoms with E-state index in [9.17, 15) is 0 Å². The first kappa shape index (κ1) is 16.2. The maximum atomic E-state index is 4.71. The van der Waals surface area contributed by atoms with Crippen molar-refractivity contribution in [2.24, 2.45) is 0 Å². The lowest BCUT2D eigenvalue weighted by molar-refractivity contribution is 0.571. The van der Waals surface area contributed by atoms with Crippen molar-refractivity contribution in [2.75, 3.05) is 6.54 Å². The van der Waals surface area contributed by atoms with Crippen molar-refractivity contribution in [3.63, 3.8) is 0 Å². The highest BCUT2D eigenvalue weighted by Crippen LogP contribution is 2.25. The number of hydrogen-bond donors (Lipinski definition) is 1. The second-order valence-electron chi connectivity index (χ2n) is 6.67. The standard InChI is InChI=1S/C18H26N2S/c1-14(15-8-6-5-7-9-15)10-11-19-12-16-13-21-17(20-16)18(2,3)4/h5-9,13-14,19H,10-12H2,1-4H3. The third-order valence-electron chi connectivity index (χ3n) is 3.62. The molecule has 0 aliphatic heterocycles. The van der Waals surface area contributed by atoms with E-state index in [2.05, 4.69) is 68.7 Å². The average molecular weight is 302 g/mol. The van der Waals surface area contributed by atoms with Crippen LogP contribution in [-0.2, 0) is 12.0 Å². The van der Waals surface area contributed by atoms with Gasteiger partial charge >= 0.3 is 0 Å². The fourth-order valence-corrected chi connectivity index (χ4v) is 3.12. The van der Waals surface area contributed by atoms with Gasteiger partial charge in [0.05, 0.1) is 10.7 Å². The fraction of sp³-hybridized carbons (Fsp3) is 0.500. The Balaban J connectivity index is 1.74. The molecule has 2 nitrogen and oxygen atoms in total. The van der Waals surface area contributed by atoms with Crippen molar-refractivity contribution >= 4 is 11.3 Å². The van der Waals surface area contributed by atoms with E-state index in [1.807, 2.05) is 0 Å². The Labute approximate surface area is 132 Å². The summed E-state index contributed by atoms with van der Waals surface area (Å²) >= 11 is 1.77. The van der Waals surface area contributed by atoms with Crippen LogP contribution in [0.15, 0.2) is 35.7 Å². The minimum atomic E-state index is 0.157. The molecule has 21 heavy (non-hydrogen) atoms. The van der Waals surface area contributed by atoms with Gasteiger partial charge in [0.1, 0.15) is 0 Å². The van der Waals surface area contributed by atoms with Crippen LogP contribution in [0.4, 0.5) is 0 Å². The second-order valence-corrected chi connectivity index (χ2v) is 7.53. The van der Waals surface area contributed by atoms with Gasteiger partial charge in [0.2, 0.25) is 0 Å². The lowest BCUT2D eigenvalue weighted by atomic mass is 9.98. The zero-order valence-electron chi connectivity index (χ0n) is 13.5. The summed E-state index contributed by atoms with van der Waals surface area (Å²) in [5.41, 5.74) is 2.74. The van der Waals surface area contributed by atoms with Gasteiger partial charge in [-0.3, -0.25) is 0 Å². The van der Waals surface area contributed by atoms with E-state index in [4.69, 9.17) is 4.98 Å². The van der Waals surface area contributed by atoms with Crippen molar-refractivity contribution in [1.82, 2.24) is 10.3 Å². The van der Waals surface area contributed by atoms with Gasteiger partial charge in [-0.2, -0.15) is 0 Å². The zero-order chi connectivity index (χ0) is 15.3. The van der Waals surface area contributed by atoms with Gasteiger partial charge < -0.3 is 5.32 Å². The molecule has 2 aromatic rings. The lowest BCUT2D eigenvalue weighted by Gasteiger charge is -2.14. The molecule has 0 saturated carbocycles. The molecule has 1 atom stereocenters. The minimum absolute atomic E-state index is 0.157. The Morgan fingerprint density at radius 2 is 1.90 bits per heavy atom. The molecule has 1 unspecified atom stereocenters. The van der Waals surface area contributed by atoms with E-state index in [1.54, 1.807) is 11.3 Å². The Hall–Kier alpha value is -1.19. The largest absolute Gasteiger partial charge is 0.311 e. The lowest BCUT2D eigenvalue weighted by Crippen LogP contribution is -2.17. The molecule has 0 radical (unpaired) electrons. The molecular formula is C18H26N2S. The molecule has 1 heterocycles. The molecule has 0 fully saturated rings. The molecule has 114 valence electrons. The summed E-state index contributed by atoms with van der Waals surface area (Å²) in [7, 11) is 0. The van der Waals surface area contributed by atoms with E-state index < -0.39 is 0 Å². The molecule has 1 aromatic heterocycles. The van der Waals surface area contributed by atoms with E-state index >= 15 is 0 Å². The summed E-state index contributed by atoms with van der Waals surface area (Å²) in [6, 6.07) is 10.7. The van der Waals surface area contributed by atoms with Crippen LogP contribution < -0.4 is 5.32 Å². The summed E-state index contributed by atoms with van der Waals surface area (Å²) in [4.78, 5) is 4.71. The summed E-state index contributed by atoms with van der Waals surface area (Å²) in [6.45, 7) is 10.8. The van der Waals surface area contributed by atoms with E-state index in [-0.39, 0.29) is 5.41 Å². The predicted octanol–water partition coefficient (Wildman–Crippen LogP) is 4.72. The normalized spacial score (nSPS) is 13.3. The molecule has 0 amide bonds. The van der Waals surface area contributed by atoms with Crippen molar-refractivity contribution in [3.8, 4) is 0 Å². The third kappa shape index (κ3) is 4.94. The highest BCUT2D eigenvalue weighted by atomic mass is 32.1. The van der Waals surface area contributed by atoms with Crippen LogP contribution in [0.25, 0.3) is 0 Å². The molecule has 0 saturated heterocycles. The molecular weight excluding hydrogens is 276 g/mol. The number of benzene rings is 1. The molecule has 2 rings (SSSR count). The van der Waals surface area contributed by atoms with E-state index in [1.165, 1.54) is 10.6 Å². The van der Waals surface area contributed by atoms with Crippen molar-refractivity contribution in [3.05, 3.63) is 52.0 Å². The van der Waals surface area contributed by atoms with Gasteiger partial charge in [-0.25, -0.2) is 4.98 Å². The van der Waals surface area contributed by atoms with Gasteiger partial charge in [-0.1, -0.05) is 58.0 Å². The predicted molar refractivity (Wildman–Crippen MR) is 92.0 cm³/mol. The summed E-state index contributed by atoms with van der Waals surface area (Å²) in [5, 5.41) is 6.91. The molecule has 1 N–H and O–H groups in total. The SMILES string of the molecule is CC(CCNCc1csc(C(C)(C)C)n1)c1ccccc1. The van der Waals surface area contributed by atoms with Crippen LogP contribution in [0.2, 0.25) is 0 Å². The summed E-state index contributed by atoms with van der Waals surface area (Å²) < 4.78 is 0.